The van der Waals surface area contributed by atoms with E-state index in [0.717, 1.165) is 36.3 Å². The van der Waals surface area contributed by atoms with Gasteiger partial charge >= 0.3 is 0 Å². The zero-order valence-electron chi connectivity index (χ0n) is 18.9. The van der Waals surface area contributed by atoms with Crippen molar-refractivity contribution in [2.75, 3.05) is 0 Å². The predicted molar refractivity (Wildman–Crippen MR) is 132 cm³/mol. The molecule has 172 valence electrons. The summed E-state index contributed by atoms with van der Waals surface area (Å²) in [7, 11) is 0. The van der Waals surface area contributed by atoms with Gasteiger partial charge in [-0.1, -0.05) is 91.4 Å². The smallest absolute Gasteiger partial charge is 0.272 e. The second-order valence-corrected chi connectivity index (χ2v) is 8.81. The molecule has 1 aliphatic rings. The molecule has 0 saturated heterocycles. The molecule has 0 saturated carbocycles. The maximum atomic E-state index is 6.34. The summed E-state index contributed by atoms with van der Waals surface area (Å²) in [6.45, 7) is 5.23. The van der Waals surface area contributed by atoms with Crippen LogP contribution in [0.2, 0.25) is 5.02 Å². The monoisotopic (exact) mass is 471 g/mol. The standard InChI is InChI=1S/C28H26ClN3O2/c1-2-5-20-10-14-25(15-11-20)33-26(23-6-3-7-24(29)18-23)28-30-27(31-34-28)22-12-8-21(9-13-22)19-32-16-4-17-32/h3-4,6-18,26,32H,2,5,19H2,1H3. The molecule has 5 rings (SSSR count). The zero-order chi connectivity index (χ0) is 23.3. The van der Waals surface area contributed by atoms with Gasteiger partial charge in [0.25, 0.3) is 5.89 Å². The number of halogens is 1. The molecule has 3 aromatic carbocycles. The molecule has 6 heteroatoms. The Labute approximate surface area is 204 Å². The second kappa shape index (κ2) is 10.2. The van der Waals surface area contributed by atoms with Crippen LogP contribution in [-0.2, 0) is 13.0 Å². The number of aromatic nitrogens is 2. The van der Waals surface area contributed by atoms with Crippen molar-refractivity contribution >= 4 is 11.6 Å². The van der Waals surface area contributed by atoms with Crippen molar-refractivity contribution in [1.29, 1.82) is 0 Å². The number of hydrogen-bond donors (Lipinski definition) is 1. The SMILES string of the molecule is CCCc1ccc(OC(c2cccc(Cl)c2)c2nc(-c3ccc(C[NH+]4C=C[CH-]4)cc3)no2)cc1. The highest BCUT2D eigenvalue weighted by molar-refractivity contribution is 6.30. The average Bonchev–Trinajstić information content (AvgIpc) is 3.31. The van der Waals surface area contributed by atoms with Gasteiger partial charge in [-0.3, -0.25) is 0 Å². The molecule has 2 heterocycles. The molecule has 1 N–H and O–H groups in total. The highest BCUT2D eigenvalue weighted by Crippen LogP contribution is 2.30. The number of hydrogen-bond acceptors (Lipinski definition) is 4. The first-order chi connectivity index (χ1) is 16.7. The third kappa shape index (κ3) is 5.16. The first-order valence-corrected chi connectivity index (χ1v) is 11.9. The second-order valence-electron chi connectivity index (χ2n) is 8.38. The summed E-state index contributed by atoms with van der Waals surface area (Å²) >= 11 is 6.27. The maximum absolute atomic E-state index is 6.34. The van der Waals surface area contributed by atoms with Gasteiger partial charge in [-0.15, -0.1) is 6.08 Å². The normalized spacial score (nSPS) is 15.4. The van der Waals surface area contributed by atoms with E-state index in [-0.39, 0.29) is 0 Å². The molecule has 1 aromatic heterocycles. The molecule has 0 radical (unpaired) electrons. The van der Waals surface area contributed by atoms with Gasteiger partial charge < -0.3 is 14.2 Å². The van der Waals surface area contributed by atoms with Crippen LogP contribution in [0, 0.1) is 6.54 Å². The van der Waals surface area contributed by atoms with Crippen LogP contribution in [0.25, 0.3) is 11.4 Å². The zero-order valence-corrected chi connectivity index (χ0v) is 19.7. The van der Waals surface area contributed by atoms with Gasteiger partial charge in [0.1, 0.15) is 5.75 Å². The maximum Gasteiger partial charge on any atom is 0.272 e. The molecule has 2 atom stereocenters. The number of ether oxygens (including phenoxy) is 1. The van der Waals surface area contributed by atoms with Crippen LogP contribution in [0.3, 0.4) is 0 Å². The first-order valence-electron chi connectivity index (χ1n) is 11.5. The van der Waals surface area contributed by atoms with Gasteiger partial charge in [0, 0.05) is 21.7 Å². The van der Waals surface area contributed by atoms with Crippen molar-refractivity contribution in [1.82, 2.24) is 10.1 Å². The third-order valence-corrected chi connectivity index (χ3v) is 6.01. The van der Waals surface area contributed by atoms with E-state index < -0.39 is 6.10 Å². The lowest BCUT2D eigenvalue weighted by molar-refractivity contribution is -0.840. The lowest BCUT2D eigenvalue weighted by Gasteiger charge is -2.29. The summed E-state index contributed by atoms with van der Waals surface area (Å²) in [5, 5.41) is 4.85. The van der Waals surface area contributed by atoms with Crippen LogP contribution < -0.4 is 9.64 Å². The topological polar surface area (TPSA) is 52.6 Å². The minimum atomic E-state index is -0.575. The molecule has 2 unspecified atom stereocenters. The van der Waals surface area contributed by atoms with E-state index in [2.05, 4.69) is 60.2 Å². The molecule has 5 nitrogen and oxygen atoms in total. The summed E-state index contributed by atoms with van der Waals surface area (Å²) in [6.07, 6.45) is 5.76. The first kappa shape index (κ1) is 22.3. The van der Waals surface area contributed by atoms with Crippen LogP contribution >= 0.6 is 11.6 Å². The molecule has 0 bridgehead atoms. The van der Waals surface area contributed by atoms with E-state index in [0.29, 0.717) is 16.7 Å². The van der Waals surface area contributed by atoms with Crippen molar-refractivity contribution < 1.29 is 14.2 Å². The Kier molecular flexibility index (Phi) is 6.65. The lowest BCUT2D eigenvalue weighted by atomic mass is 10.1. The minimum absolute atomic E-state index is 0.378. The third-order valence-electron chi connectivity index (χ3n) is 5.77. The van der Waals surface area contributed by atoms with E-state index in [1.54, 1.807) is 0 Å². The Morgan fingerprint density at radius 3 is 2.47 bits per heavy atom. The molecule has 0 amide bonds. The van der Waals surface area contributed by atoms with Gasteiger partial charge in [0.15, 0.2) is 0 Å². The van der Waals surface area contributed by atoms with Crippen molar-refractivity contribution in [2.45, 2.75) is 32.4 Å². The largest absolute Gasteiger partial charge is 0.476 e. The molecular formula is C28H26ClN3O2. The van der Waals surface area contributed by atoms with Gasteiger partial charge in [-0.25, -0.2) is 0 Å². The quantitative estimate of drug-likeness (QED) is 0.323. The Morgan fingerprint density at radius 2 is 1.79 bits per heavy atom. The van der Waals surface area contributed by atoms with Gasteiger partial charge in [-0.05, 0) is 36.2 Å². The molecule has 34 heavy (non-hydrogen) atoms. The highest BCUT2D eigenvalue weighted by Gasteiger charge is 2.24. The Hall–Kier alpha value is -3.54. The van der Waals surface area contributed by atoms with Crippen molar-refractivity contribution in [3.8, 4) is 17.1 Å². The Morgan fingerprint density at radius 1 is 1.03 bits per heavy atom. The van der Waals surface area contributed by atoms with Crippen LogP contribution in [0.5, 0.6) is 5.75 Å². The van der Waals surface area contributed by atoms with E-state index in [9.17, 15) is 0 Å². The molecule has 0 fully saturated rings. The van der Waals surface area contributed by atoms with Crippen LogP contribution in [0.4, 0.5) is 0 Å². The molecule has 0 aliphatic carbocycles. The van der Waals surface area contributed by atoms with Crippen LogP contribution in [-0.4, -0.2) is 10.1 Å². The summed E-state index contributed by atoms with van der Waals surface area (Å²) in [4.78, 5) is 6.01. The number of quaternary nitrogens is 1. The molecular weight excluding hydrogens is 446 g/mol. The fourth-order valence-electron chi connectivity index (χ4n) is 3.91. The lowest BCUT2D eigenvalue weighted by Crippen LogP contribution is -3.06. The van der Waals surface area contributed by atoms with Crippen LogP contribution in [0.15, 0.2) is 89.6 Å². The number of aryl methyl sites for hydroxylation is 1. The molecule has 4 aromatic rings. The van der Waals surface area contributed by atoms with Gasteiger partial charge in [-0.2, -0.15) is 4.98 Å². The Balaban J connectivity index is 1.39. The average molecular weight is 472 g/mol. The number of rotatable bonds is 9. The van der Waals surface area contributed by atoms with E-state index in [1.165, 1.54) is 16.0 Å². The van der Waals surface area contributed by atoms with Gasteiger partial charge in [0.2, 0.25) is 11.9 Å². The summed E-state index contributed by atoms with van der Waals surface area (Å²) < 4.78 is 12.0. The Bertz CT molecular complexity index is 1270. The predicted octanol–water partition coefficient (Wildman–Crippen LogP) is 5.58. The van der Waals surface area contributed by atoms with Crippen molar-refractivity contribution in [3.63, 3.8) is 0 Å². The van der Waals surface area contributed by atoms with E-state index in [4.69, 9.17) is 20.9 Å². The fourth-order valence-corrected chi connectivity index (χ4v) is 4.11. The number of benzene rings is 3. The van der Waals surface area contributed by atoms with E-state index >= 15 is 0 Å². The van der Waals surface area contributed by atoms with Crippen molar-refractivity contribution in [2.24, 2.45) is 0 Å². The number of nitrogens with zero attached hydrogens (tertiary/aromatic N) is 2. The highest BCUT2D eigenvalue weighted by atomic mass is 35.5. The summed E-state index contributed by atoms with van der Waals surface area (Å²) in [5.41, 5.74) is 4.26. The molecule has 1 aliphatic heterocycles. The van der Waals surface area contributed by atoms with Gasteiger partial charge in [0.05, 0.1) is 6.54 Å². The number of nitrogens with one attached hydrogen (secondary N) is 1. The minimum Gasteiger partial charge on any atom is -0.476 e. The summed E-state index contributed by atoms with van der Waals surface area (Å²) in [6, 6.07) is 23.9. The van der Waals surface area contributed by atoms with Crippen molar-refractivity contribution in [3.05, 3.63) is 119 Å². The van der Waals surface area contributed by atoms with Crippen LogP contribution in [0.1, 0.15) is 42.0 Å². The molecule has 0 spiro atoms. The van der Waals surface area contributed by atoms with E-state index in [1.807, 2.05) is 48.5 Å². The fraction of sp³-hybridized carbons (Fsp3) is 0.179. The summed E-state index contributed by atoms with van der Waals surface area (Å²) in [5.74, 6) is 1.63.